The normalized spacial score (nSPS) is 20.3. The fourth-order valence-electron chi connectivity index (χ4n) is 7.04. The molecule has 0 atom stereocenters. The maximum absolute atomic E-state index is 12.2. The smallest absolute Gasteiger partial charge is 0.245 e. The lowest BCUT2D eigenvalue weighted by atomic mass is 9.73. The number of likely N-dealkylation sites (tertiary alicyclic amines) is 1. The maximum atomic E-state index is 12.2. The van der Waals surface area contributed by atoms with Gasteiger partial charge in [0.25, 0.3) is 0 Å². The van der Waals surface area contributed by atoms with Crippen molar-refractivity contribution in [3.05, 3.63) is 41.2 Å². The van der Waals surface area contributed by atoms with E-state index in [9.17, 15) is 4.79 Å². The highest BCUT2D eigenvalue weighted by molar-refractivity contribution is 6.36. The van der Waals surface area contributed by atoms with Gasteiger partial charge in [0.1, 0.15) is 0 Å². The third kappa shape index (κ3) is 4.27. The zero-order valence-electron chi connectivity index (χ0n) is 23.6. The molecule has 1 N–H and O–H groups in total. The summed E-state index contributed by atoms with van der Waals surface area (Å²) < 4.78 is 2.24. The number of carbonyl (C=O) groups excluding carboxylic acids is 1. The lowest BCUT2D eigenvalue weighted by Crippen LogP contribution is -2.67. The SMILES string of the molecule is C=CC(=O)N1CCC(n2nc(N3CCN(C(C)C)CC34CCC4)c(-c3c(Cl)c(C)cc4[nH]ncc34)c2C)CC1. The number of benzene rings is 1. The number of H-pyrrole nitrogens is 1. The van der Waals surface area contributed by atoms with Crippen LogP contribution in [-0.4, -0.2) is 80.0 Å². The molecule has 0 radical (unpaired) electrons. The summed E-state index contributed by atoms with van der Waals surface area (Å²) in [6.07, 6.45) is 8.68. The predicted octanol–water partition coefficient (Wildman–Crippen LogP) is 5.50. The minimum absolute atomic E-state index is 0.0101. The molecular weight excluding hydrogens is 510 g/mol. The average molecular weight is 550 g/mol. The molecule has 1 aliphatic carbocycles. The number of carbonyl (C=O) groups is 1. The van der Waals surface area contributed by atoms with Crippen LogP contribution in [0.2, 0.25) is 5.02 Å². The van der Waals surface area contributed by atoms with E-state index < -0.39 is 0 Å². The molecule has 6 rings (SSSR count). The number of aromatic nitrogens is 4. The number of amides is 1. The van der Waals surface area contributed by atoms with Crippen LogP contribution in [0, 0.1) is 13.8 Å². The zero-order chi connectivity index (χ0) is 27.5. The molecule has 3 aromatic rings. The first kappa shape index (κ1) is 26.4. The van der Waals surface area contributed by atoms with Crippen LogP contribution in [0.3, 0.4) is 0 Å². The molecule has 0 bridgehead atoms. The molecule has 1 spiro atoms. The van der Waals surface area contributed by atoms with Crippen molar-refractivity contribution in [2.75, 3.05) is 37.6 Å². The van der Waals surface area contributed by atoms with Gasteiger partial charge in [-0.05, 0) is 77.5 Å². The van der Waals surface area contributed by atoms with E-state index in [1.165, 1.54) is 25.3 Å². The summed E-state index contributed by atoms with van der Waals surface area (Å²) in [7, 11) is 0. The van der Waals surface area contributed by atoms with Gasteiger partial charge in [-0.15, -0.1) is 0 Å². The summed E-state index contributed by atoms with van der Waals surface area (Å²) in [6.45, 7) is 17.0. The molecule has 208 valence electrons. The number of rotatable bonds is 5. The number of aromatic amines is 1. The van der Waals surface area contributed by atoms with Gasteiger partial charge in [-0.25, -0.2) is 0 Å². The summed E-state index contributed by atoms with van der Waals surface area (Å²) in [5, 5.41) is 14.8. The van der Waals surface area contributed by atoms with Crippen molar-refractivity contribution in [1.29, 1.82) is 0 Å². The van der Waals surface area contributed by atoms with Crippen LogP contribution < -0.4 is 4.90 Å². The third-order valence-electron chi connectivity index (χ3n) is 9.49. The third-order valence-corrected chi connectivity index (χ3v) is 9.98. The summed E-state index contributed by atoms with van der Waals surface area (Å²) in [6, 6.07) is 2.84. The van der Waals surface area contributed by atoms with E-state index in [-0.39, 0.29) is 17.5 Å². The van der Waals surface area contributed by atoms with Crippen LogP contribution in [0.1, 0.15) is 63.3 Å². The van der Waals surface area contributed by atoms with Gasteiger partial charge in [-0.3, -0.25) is 19.5 Å². The van der Waals surface area contributed by atoms with Gasteiger partial charge in [0.2, 0.25) is 5.91 Å². The molecule has 2 saturated heterocycles. The Balaban J connectivity index is 1.49. The molecule has 2 aliphatic heterocycles. The zero-order valence-corrected chi connectivity index (χ0v) is 24.4. The van der Waals surface area contributed by atoms with Crippen LogP contribution >= 0.6 is 11.6 Å². The number of piperazine rings is 1. The molecule has 4 heterocycles. The molecule has 8 nitrogen and oxygen atoms in total. The van der Waals surface area contributed by atoms with Crippen LogP contribution in [0.4, 0.5) is 5.82 Å². The Morgan fingerprint density at radius 1 is 1.18 bits per heavy atom. The highest BCUT2D eigenvalue weighted by atomic mass is 35.5. The van der Waals surface area contributed by atoms with Gasteiger partial charge in [-0.1, -0.05) is 18.2 Å². The molecular formula is C30H40ClN7O. The molecule has 1 amide bonds. The Morgan fingerprint density at radius 2 is 1.92 bits per heavy atom. The molecule has 3 fully saturated rings. The fraction of sp³-hybridized carbons (Fsp3) is 0.567. The van der Waals surface area contributed by atoms with Crippen molar-refractivity contribution in [3.63, 3.8) is 0 Å². The van der Waals surface area contributed by atoms with Gasteiger partial charge < -0.3 is 9.80 Å². The maximum Gasteiger partial charge on any atom is 0.245 e. The largest absolute Gasteiger partial charge is 0.346 e. The van der Waals surface area contributed by atoms with Crippen molar-refractivity contribution in [2.45, 2.75) is 77.4 Å². The van der Waals surface area contributed by atoms with Crippen LogP contribution in [-0.2, 0) is 4.79 Å². The highest BCUT2D eigenvalue weighted by Crippen LogP contribution is 2.49. The molecule has 39 heavy (non-hydrogen) atoms. The second-order valence-corrected chi connectivity index (χ2v) is 12.4. The Kier molecular flexibility index (Phi) is 6.74. The Morgan fingerprint density at radius 3 is 2.56 bits per heavy atom. The molecule has 3 aliphatic rings. The van der Waals surface area contributed by atoms with Gasteiger partial charge in [0.15, 0.2) is 5.82 Å². The number of nitrogens with zero attached hydrogens (tertiary/aromatic N) is 6. The number of piperidine rings is 1. The predicted molar refractivity (Wildman–Crippen MR) is 157 cm³/mol. The molecule has 9 heteroatoms. The number of anilines is 1. The van der Waals surface area contributed by atoms with Gasteiger partial charge in [-0.2, -0.15) is 10.2 Å². The molecule has 1 aromatic carbocycles. The number of nitrogens with one attached hydrogen (secondary N) is 1. The van der Waals surface area contributed by atoms with Gasteiger partial charge >= 0.3 is 0 Å². The van der Waals surface area contributed by atoms with Crippen molar-refractivity contribution in [3.8, 4) is 11.1 Å². The summed E-state index contributed by atoms with van der Waals surface area (Å²) in [5.74, 6) is 1.06. The van der Waals surface area contributed by atoms with E-state index >= 15 is 0 Å². The number of hydrogen-bond acceptors (Lipinski definition) is 5. The number of aryl methyl sites for hydroxylation is 1. The molecule has 2 aromatic heterocycles. The lowest BCUT2D eigenvalue weighted by molar-refractivity contribution is -0.127. The number of fused-ring (bicyclic) bond motifs is 1. The van der Waals surface area contributed by atoms with Crippen LogP contribution in [0.25, 0.3) is 22.0 Å². The van der Waals surface area contributed by atoms with Crippen molar-refractivity contribution >= 4 is 34.2 Å². The standard InChI is InChI=1S/C30H40ClN7O/c1-6-25(39)35-12-8-22(9-13-35)38-21(5)26(27-23-17-32-33-24(23)16-20(4)28(27)31)29(34-38)37-15-14-36(19(2)3)18-30(37)10-7-11-30/h6,16-17,19,22H,1,7-15,18H2,2-5H3,(H,32,33). The second-order valence-electron chi connectivity index (χ2n) is 12.0. The highest BCUT2D eigenvalue weighted by Gasteiger charge is 2.48. The first-order valence-electron chi connectivity index (χ1n) is 14.4. The second kappa shape index (κ2) is 9.97. The van der Waals surface area contributed by atoms with Gasteiger partial charge in [0, 0.05) is 61.0 Å². The van der Waals surface area contributed by atoms with Crippen LogP contribution in [0.15, 0.2) is 24.9 Å². The van der Waals surface area contributed by atoms with Crippen molar-refractivity contribution in [2.24, 2.45) is 0 Å². The van der Waals surface area contributed by atoms with Crippen LogP contribution in [0.5, 0.6) is 0 Å². The van der Waals surface area contributed by atoms with E-state index in [1.54, 1.807) is 0 Å². The van der Waals surface area contributed by atoms with Gasteiger partial charge in [0.05, 0.1) is 28.3 Å². The quantitative estimate of drug-likeness (QED) is 0.425. The Hall–Kier alpha value is -2.84. The fourth-order valence-corrected chi connectivity index (χ4v) is 7.29. The monoisotopic (exact) mass is 549 g/mol. The van der Waals surface area contributed by atoms with E-state index in [4.69, 9.17) is 16.7 Å². The average Bonchev–Trinajstić information content (AvgIpc) is 3.51. The molecule has 1 saturated carbocycles. The topological polar surface area (TPSA) is 73.3 Å². The van der Waals surface area contributed by atoms with E-state index in [0.717, 1.165) is 76.6 Å². The van der Waals surface area contributed by atoms with E-state index in [2.05, 4.69) is 65.0 Å². The van der Waals surface area contributed by atoms with E-state index in [1.807, 2.05) is 11.1 Å². The number of hydrogen-bond donors (Lipinski definition) is 1. The Labute approximate surface area is 236 Å². The van der Waals surface area contributed by atoms with E-state index in [0.29, 0.717) is 19.1 Å². The minimum Gasteiger partial charge on any atom is -0.346 e. The Bertz CT molecular complexity index is 1410. The van der Waals surface area contributed by atoms with Crippen molar-refractivity contribution in [1.82, 2.24) is 29.8 Å². The number of halogens is 1. The summed E-state index contributed by atoms with van der Waals surface area (Å²) in [4.78, 5) is 19.4. The minimum atomic E-state index is 0.0101. The summed E-state index contributed by atoms with van der Waals surface area (Å²) >= 11 is 7.14. The lowest BCUT2D eigenvalue weighted by Gasteiger charge is -2.57. The first-order valence-corrected chi connectivity index (χ1v) is 14.8. The van der Waals surface area contributed by atoms with Crippen molar-refractivity contribution < 1.29 is 4.79 Å². The first-order chi connectivity index (χ1) is 18.7. The molecule has 0 unspecified atom stereocenters. The summed E-state index contributed by atoms with van der Waals surface area (Å²) in [5.41, 5.74) is 5.41.